The van der Waals surface area contributed by atoms with Gasteiger partial charge in [0.2, 0.25) is 0 Å². The van der Waals surface area contributed by atoms with E-state index in [1.54, 1.807) is 29.2 Å². The van der Waals surface area contributed by atoms with Gasteiger partial charge in [-0.1, -0.05) is 36.4 Å². The number of H-pyrrole nitrogens is 2. The van der Waals surface area contributed by atoms with Gasteiger partial charge in [0.25, 0.3) is 11.5 Å². The van der Waals surface area contributed by atoms with Crippen LogP contribution in [0.25, 0.3) is 10.9 Å². The largest absolute Gasteiger partial charge is 0.356 e. The number of aryl methyl sites for hydroxylation is 2. The number of aromatic amines is 2. The maximum atomic E-state index is 15.0. The minimum absolute atomic E-state index is 0.136. The van der Waals surface area contributed by atoms with Crippen LogP contribution in [0, 0.1) is 5.82 Å². The molecule has 166 valence electrons. The Morgan fingerprint density at radius 2 is 1.76 bits per heavy atom. The number of benzene rings is 2. The lowest BCUT2D eigenvalue weighted by Crippen LogP contribution is -2.43. The van der Waals surface area contributed by atoms with Crippen molar-refractivity contribution in [1.29, 1.82) is 0 Å². The zero-order valence-corrected chi connectivity index (χ0v) is 18.2. The summed E-state index contributed by atoms with van der Waals surface area (Å²) in [5.41, 5.74) is 5.04. The maximum absolute atomic E-state index is 15.0. The molecule has 1 atom stereocenters. The summed E-state index contributed by atoms with van der Waals surface area (Å²) in [6.07, 6.45) is 4.42. The molecule has 6 rings (SSSR count). The van der Waals surface area contributed by atoms with Crippen molar-refractivity contribution >= 4 is 16.8 Å². The molecule has 6 heteroatoms. The minimum Gasteiger partial charge on any atom is -0.356 e. The molecule has 0 radical (unpaired) electrons. The highest BCUT2D eigenvalue weighted by Gasteiger charge is 2.37. The number of pyridine rings is 1. The SMILES string of the molecule is O=C(c1cc2c([nH]c1=O)CCCC2)N1CCc2c([nH]c3ccccc23)[C@@H]1c1ccccc1F. The number of carbonyl (C=O) groups excluding carboxylic acids is 1. The number of carbonyl (C=O) groups is 1. The zero-order valence-electron chi connectivity index (χ0n) is 18.2. The van der Waals surface area contributed by atoms with Crippen LogP contribution in [0.1, 0.15) is 57.3 Å². The average Bonchev–Trinajstić information content (AvgIpc) is 3.22. The summed E-state index contributed by atoms with van der Waals surface area (Å²) in [6, 6.07) is 15.7. The molecular weight excluding hydrogens is 417 g/mol. The summed E-state index contributed by atoms with van der Waals surface area (Å²) in [6.45, 7) is 0.406. The molecule has 1 aliphatic heterocycles. The highest BCUT2D eigenvalue weighted by atomic mass is 19.1. The van der Waals surface area contributed by atoms with Gasteiger partial charge in [0, 0.05) is 34.4 Å². The van der Waals surface area contributed by atoms with Crippen molar-refractivity contribution in [3.8, 4) is 0 Å². The summed E-state index contributed by atoms with van der Waals surface area (Å²) in [4.78, 5) is 34.7. The van der Waals surface area contributed by atoms with Crippen LogP contribution in [0.5, 0.6) is 0 Å². The molecule has 3 heterocycles. The van der Waals surface area contributed by atoms with Gasteiger partial charge in [-0.05, 0) is 61.4 Å². The van der Waals surface area contributed by atoms with Gasteiger partial charge in [-0.2, -0.15) is 0 Å². The van der Waals surface area contributed by atoms with Crippen LogP contribution >= 0.6 is 0 Å². The number of aromatic nitrogens is 2. The van der Waals surface area contributed by atoms with Crippen molar-refractivity contribution < 1.29 is 9.18 Å². The molecular formula is C27H24FN3O2. The van der Waals surface area contributed by atoms with Crippen molar-refractivity contribution in [3.05, 3.63) is 104 Å². The van der Waals surface area contributed by atoms with Gasteiger partial charge in [-0.3, -0.25) is 9.59 Å². The van der Waals surface area contributed by atoms with E-state index < -0.39 is 6.04 Å². The second-order valence-electron chi connectivity index (χ2n) is 8.96. The highest BCUT2D eigenvalue weighted by molar-refractivity contribution is 5.95. The molecule has 0 saturated carbocycles. The van der Waals surface area contributed by atoms with Crippen LogP contribution < -0.4 is 5.56 Å². The first-order chi connectivity index (χ1) is 16.1. The van der Waals surface area contributed by atoms with Gasteiger partial charge in [-0.15, -0.1) is 0 Å². The number of halogens is 1. The van der Waals surface area contributed by atoms with E-state index in [-0.39, 0.29) is 22.8 Å². The number of fused-ring (bicyclic) bond motifs is 4. The van der Waals surface area contributed by atoms with Crippen molar-refractivity contribution in [2.24, 2.45) is 0 Å². The van der Waals surface area contributed by atoms with Crippen molar-refractivity contribution in [3.63, 3.8) is 0 Å². The minimum atomic E-state index is -0.634. The molecule has 1 aliphatic carbocycles. The molecule has 1 amide bonds. The number of rotatable bonds is 2. The quantitative estimate of drug-likeness (QED) is 0.475. The molecule has 0 spiro atoms. The molecule has 2 aromatic heterocycles. The molecule has 5 nitrogen and oxygen atoms in total. The van der Waals surface area contributed by atoms with Crippen LogP contribution in [0.4, 0.5) is 4.39 Å². The highest BCUT2D eigenvalue weighted by Crippen LogP contribution is 2.39. The molecule has 2 aromatic carbocycles. The first-order valence-electron chi connectivity index (χ1n) is 11.5. The summed E-state index contributed by atoms with van der Waals surface area (Å²) < 4.78 is 15.0. The zero-order chi connectivity index (χ0) is 22.5. The van der Waals surface area contributed by atoms with E-state index in [9.17, 15) is 9.59 Å². The molecule has 2 aliphatic rings. The molecule has 4 aromatic rings. The Bertz CT molecular complexity index is 1450. The second kappa shape index (κ2) is 7.73. The number of amides is 1. The Morgan fingerprint density at radius 3 is 2.64 bits per heavy atom. The Balaban J connectivity index is 1.51. The van der Waals surface area contributed by atoms with E-state index >= 15 is 4.39 Å². The van der Waals surface area contributed by atoms with Gasteiger partial charge in [0.05, 0.1) is 0 Å². The van der Waals surface area contributed by atoms with Crippen LogP contribution in [0.15, 0.2) is 59.4 Å². The van der Waals surface area contributed by atoms with Crippen LogP contribution in [-0.2, 0) is 19.3 Å². The Labute approximate surface area is 190 Å². The van der Waals surface area contributed by atoms with E-state index in [4.69, 9.17) is 0 Å². The summed E-state index contributed by atoms with van der Waals surface area (Å²) in [7, 11) is 0. The third-order valence-electron chi connectivity index (χ3n) is 7.06. The second-order valence-corrected chi connectivity index (χ2v) is 8.96. The lowest BCUT2D eigenvalue weighted by atomic mass is 9.91. The topological polar surface area (TPSA) is 69.0 Å². The standard InChI is InChI=1S/C27H24FN3O2/c28-21-10-4-2-9-19(21)25-24-18(17-8-3-6-12-23(17)29-24)13-14-31(25)27(33)20-15-16-7-1-5-11-22(16)30-26(20)32/h2-4,6,8-10,12,15,25,29H,1,5,7,11,13-14H2,(H,30,32)/t25-/m0/s1. The number of para-hydroxylation sites is 1. The van der Waals surface area contributed by atoms with Gasteiger partial charge in [-0.25, -0.2) is 4.39 Å². The predicted octanol–water partition coefficient (Wildman–Crippen LogP) is 4.66. The van der Waals surface area contributed by atoms with E-state index in [1.165, 1.54) is 6.07 Å². The molecule has 0 fully saturated rings. The molecule has 33 heavy (non-hydrogen) atoms. The Hall–Kier alpha value is -3.67. The molecule has 0 saturated heterocycles. The summed E-state index contributed by atoms with van der Waals surface area (Å²) in [5, 5.41) is 1.09. The molecule has 0 unspecified atom stereocenters. The Kier molecular flexibility index (Phi) is 4.68. The maximum Gasteiger partial charge on any atom is 0.261 e. The Morgan fingerprint density at radius 1 is 0.970 bits per heavy atom. The average molecular weight is 442 g/mol. The van der Waals surface area contributed by atoms with E-state index in [0.717, 1.165) is 59.1 Å². The third kappa shape index (κ3) is 3.20. The summed E-state index contributed by atoms with van der Waals surface area (Å²) in [5.74, 6) is -0.728. The first kappa shape index (κ1) is 20.0. The monoisotopic (exact) mass is 441 g/mol. The fourth-order valence-electron chi connectivity index (χ4n) is 5.47. The fraction of sp³-hybridized carbons (Fsp3) is 0.259. The normalized spacial score (nSPS) is 17.6. The number of nitrogens with one attached hydrogen (secondary N) is 2. The van der Waals surface area contributed by atoms with Crippen LogP contribution in [-0.4, -0.2) is 27.3 Å². The van der Waals surface area contributed by atoms with Crippen molar-refractivity contribution in [1.82, 2.24) is 14.9 Å². The van der Waals surface area contributed by atoms with E-state index in [2.05, 4.69) is 16.0 Å². The smallest absolute Gasteiger partial charge is 0.261 e. The van der Waals surface area contributed by atoms with E-state index in [1.807, 2.05) is 18.2 Å². The lowest BCUT2D eigenvalue weighted by molar-refractivity contribution is 0.0687. The fourth-order valence-corrected chi connectivity index (χ4v) is 5.47. The first-order valence-corrected chi connectivity index (χ1v) is 11.5. The number of hydrogen-bond acceptors (Lipinski definition) is 2. The summed E-state index contributed by atoms with van der Waals surface area (Å²) >= 11 is 0. The van der Waals surface area contributed by atoms with Gasteiger partial charge in [0.1, 0.15) is 17.4 Å². The lowest BCUT2D eigenvalue weighted by Gasteiger charge is -2.36. The predicted molar refractivity (Wildman–Crippen MR) is 125 cm³/mol. The van der Waals surface area contributed by atoms with Crippen LogP contribution in [0.2, 0.25) is 0 Å². The van der Waals surface area contributed by atoms with Gasteiger partial charge < -0.3 is 14.9 Å². The van der Waals surface area contributed by atoms with Crippen LogP contribution in [0.3, 0.4) is 0 Å². The van der Waals surface area contributed by atoms with E-state index in [0.29, 0.717) is 18.5 Å². The molecule has 2 N–H and O–H groups in total. The number of nitrogens with zero attached hydrogens (tertiary/aromatic N) is 1. The third-order valence-corrected chi connectivity index (χ3v) is 7.06. The van der Waals surface area contributed by atoms with Gasteiger partial charge >= 0.3 is 0 Å². The van der Waals surface area contributed by atoms with Crippen molar-refractivity contribution in [2.45, 2.75) is 38.1 Å². The van der Waals surface area contributed by atoms with Crippen molar-refractivity contribution in [2.75, 3.05) is 6.54 Å². The number of hydrogen-bond donors (Lipinski definition) is 2. The molecule has 0 bridgehead atoms. The van der Waals surface area contributed by atoms with Gasteiger partial charge in [0.15, 0.2) is 0 Å².